The highest BCUT2D eigenvalue weighted by Crippen LogP contribution is 2.22. The number of likely N-dealkylation sites (tertiary alicyclic amines) is 1. The molecule has 1 aromatic carbocycles. The van der Waals surface area contributed by atoms with Gasteiger partial charge in [0.15, 0.2) is 0 Å². The van der Waals surface area contributed by atoms with Crippen molar-refractivity contribution in [3.63, 3.8) is 0 Å². The lowest BCUT2D eigenvalue weighted by Crippen LogP contribution is -2.44. The Balaban J connectivity index is 1.27. The third-order valence-corrected chi connectivity index (χ3v) is 6.01. The summed E-state index contributed by atoms with van der Waals surface area (Å²) in [5.74, 6) is 0.380. The number of aryl methyl sites for hydroxylation is 1. The molecule has 1 unspecified atom stereocenters. The Morgan fingerprint density at radius 3 is 2.66 bits per heavy atom. The van der Waals surface area contributed by atoms with Gasteiger partial charge in [-0.15, -0.1) is 0 Å². The minimum Gasteiger partial charge on any atom is -0.353 e. The molecule has 1 amide bonds. The van der Waals surface area contributed by atoms with Gasteiger partial charge in [-0.3, -0.25) is 14.4 Å². The maximum Gasteiger partial charge on any atom is 0.220 e. The van der Waals surface area contributed by atoms with E-state index in [1.165, 1.54) is 12.1 Å². The van der Waals surface area contributed by atoms with Gasteiger partial charge in [0.25, 0.3) is 0 Å². The first-order valence-electron chi connectivity index (χ1n) is 10.5. The van der Waals surface area contributed by atoms with Gasteiger partial charge in [0, 0.05) is 44.7 Å². The number of nitrogens with zero attached hydrogens (tertiary/aromatic N) is 3. The van der Waals surface area contributed by atoms with Gasteiger partial charge in [0.2, 0.25) is 5.91 Å². The number of benzene rings is 1. The van der Waals surface area contributed by atoms with Gasteiger partial charge in [0.1, 0.15) is 5.82 Å². The number of carbonyl (C=O) groups is 1. The van der Waals surface area contributed by atoms with Crippen LogP contribution in [-0.2, 0) is 18.4 Å². The number of carbonyl (C=O) groups excluding carboxylic acids is 1. The first-order chi connectivity index (χ1) is 14.1. The molecule has 1 fully saturated rings. The molecule has 154 valence electrons. The van der Waals surface area contributed by atoms with Crippen LogP contribution in [0.25, 0.3) is 11.3 Å². The number of hydrogen-bond acceptors (Lipinski definition) is 3. The normalized spacial score (nSPS) is 20.3. The molecule has 29 heavy (non-hydrogen) atoms. The second kappa shape index (κ2) is 8.91. The lowest BCUT2D eigenvalue weighted by atomic mass is 10.0. The van der Waals surface area contributed by atoms with Crippen molar-refractivity contribution in [3.05, 3.63) is 54.0 Å². The molecular formula is C23H29FN4O. The quantitative estimate of drug-likeness (QED) is 0.758. The predicted molar refractivity (Wildman–Crippen MR) is 112 cm³/mol. The van der Waals surface area contributed by atoms with E-state index in [-0.39, 0.29) is 17.8 Å². The molecule has 1 atom stereocenters. The maximum atomic E-state index is 13.1. The van der Waals surface area contributed by atoms with Crippen LogP contribution in [-0.4, -0.2) is 39.7 Å². The number of amides is 1. The third-order valence-electron chi connectivity index (χ3n) is 6.01. The number of piperidine rings is 1. The molecule has 5 nitrogen and oxygen atoms in total. The van der Waals surface area contributed by atoms with E-state index in [2.05, 4.69) is 33.5 Å². The second-order valence-corrected chi connectivity index (χ2v) is 8.24. The van der Waals surface area contributed by atoms with Crippen molar-refractivity contribution in [1.29, 1.82) is 0 Å². The fraction of sp³-hybridized carbons (Fsp3) is 0.478. The molecule has 6 heteroatoms. The summed E-state index contributed by atoms with van der Waals surface area (Å²) in [5, 5.41) is 7.81. The monoisotopic (exact) mass is 396 g/mol. The van der Waals surface area contributed by atoms with Gasteiger partial charge < -0.3 is 5.32 Å². The molecule has 0 radical (unpaired) electrons. The molecule has 2 aromatic rings. The molecule has 2 aliphatic rings. The van der Waals surface area contributed by atoms with E-state index in [1.807, 2.05) is 11.7 Å². The van der Waals surface area contributed by atoms with Crippen molar-refractivity contribution < 1.29 is 9.18 Å². The van der Waals surface area contributed by atoms with E-state index < -0.39 is 0 Å². The van der Waals surface area contributed by atoms with Crippen molar-refractivity contribution in [2.24, 2.45) is 13.0 Å². The fourth-order valence-corrected chi connectivity index (χ4v) is 4.27. The largest absolute Gasteiger partial charge is 0.353 e. The molecule has 2 heterocycles. The second-order valence-electron chi connectivity index (χ2n) is 8.24. The van der Waals surface area contributed by atoms with Crippen molar-refractivity contribution in [2.45, 2.75) is 44.7 Å². The summed E-state index contributed by atoms with van der Waals surface area (Å²) < 4.78 is 15.1. The first kappa shape index (κ1) is 19.8. The lowest BCUT2D eigenvalue weighted by molar-refractivity contribution is -0.122. The van der Waals surface area contributed by atoms with Crippen molar-refractivity contribution in [2.75, 3.05) is 13.1 Å². The summed E-state index contributed by atoms with van der Waals surface area (Å²) in [7, 11) is 1.95. The molecule has 1 saturated heterocycles. The van der Waals surface area contributed by atoms with Crippen molar-refractivity contribution in [3.8, 4) is 11.3 Å². The van der Waals surface area contributed by atoms with E-state index >= 15 is 0 Å². The zero-order valence-corrected chi connectivity index (χ0v) is 17.0. The average molecular weight is 397 g/mol. The molecule has 1 aromatic heterocycles. The highest BCUT2D eigenvalue weighted by Gasteiger charge is 2.23. The zero-order valence-electron chi connectivity index (χ0n) is 17.0. The minimum atomic E-state index is -0.237. The number of nitrogens with one attached hydrogen (secondary N) is 1. The van der Waals surface area contributed by atoms with Crippen LogP contribution < -0.4 is 5.32 Å². The highest BCUT2D eigenvalue weighted by molar-refractivity contribution is 5.76. The van der Waals surface area contributed by atoms with Crippen LogP contribution in [0.1, 0.15) is 37.8 Å². The van der Waals surface area contributed by atoms with Crippen LogP contribution in [0.4, 0.5) is 4.39 Å². The topological polar surface area (TPSA) is 50.2 Å². The highest BCUT2D eigenvalue weighted by atomic mass is 19.1. The number of rotatable bonds is 6. The number of allylic oxidation sites excluding steroid dienone is 2. The summed E-state index contributed by atoms with van der Waals surface area (Å²) >= 11 is 0. The Bertz CT molecular complexity index is 866. The van der Waals surface area contributed by atoms with Crippen molar-refractivity contribution >= 4 is 5.91 Å². The number of halogens is 1. The molecule has 1 N–H and O–H groups in total. The SMILES string of the molecule is Cn1nc(-c2ccc(F)cc2)cc1CN1CCC(NC(=O)CC2C=CCC2)CC1. The fourth-order valence-electron chi connectivity index (χ4n) is 4.27. The Morgan fingerprint density at radius 1 is 1.21 bits per heavy atom. The summed E-state index contributed by atoms with van der Waals surface area (Å²) in [6.07, 6.45) is 9.15. The van der Waals surface area contributed by atoms with Crippen LogP contribution in [0.2, 0.25) is 0 Å². The number of aromatic nitrogens is 2. The zero-order chi connectivity index (χ0) is 20.2. The van der Waals surface area contributed by atoms with Crippen molar-refractivity contribution in [1.82, 2.24) is 20.0 Å². The van der Waals surface area contributed by atoms with Gasteiger partial charge >= 0.3 is 0 Å². The maximum absolute atomic E-state index is 13.1. The predicted octanol–water partition coefficient (Wildman–Crippen LogP) is 3.66. The Hall–Kier alpha value is -2.47. The van der Waals surface area contributed by atoms with E-state index in [4.69, 9.17) is 0 Å². The standard InChI is InChI=1S/C23H29FN4O/c1-27-21(15-22(26-27)18-6-8-19(24)9-7-18)16-28-12-10-20(11-13-28)25-23(29)14-17-4-2-3-5-17/h2,4,6-9,15,17,20H,3,5,10-14,16H2,1H3,(H,25,29). The van der Waals surface area contributed by atoms with Gasteiger partial charge in [0.05, 0.1) is 11.4 Å². The lowest BCUT2D eigenvalue weighted by Gasteiger charge is -2.32. The minimum absolute atomic E-state index is 0.190. The van der Waals surface area contributed by atoms with Crippen LogP contribution in [0.3, 0.4) is 0 Å². The van der Waals surface area contributed by atoms with Crippen LogP contribution in [0.15, 0.2) is 42.5 Å². The van der Waals surface area contributed by atoms with Gasteiger partial charge in [-0.2, -0.15) is 5.10 Å². The molecule has 0 saturated carbocycles. The van der Waals surface area contributed by atoms with Gasteiger partial charge in [-0.05, 0) is 61.9 Å². The van der Waals surface area contributed by atoms with Gasteiger partial charge in [-0.25, -0.2) is 4.39 Å². The molecule has 1 aliphatic carbocycles. The summed E-state index contributed by atoms with van der Waals surface area (Å²) in [4.78, 5) is 14.7. The summed E-state index contributed by atoms with van der Waals surface area (Å²) in [5.41, 5.74) is 2.93. The third kappa shape index (κ3) is 5.12. The molecule has 0 spiro atoms. The molecular weight excluding hydrogens is 367 g/mol. The molecule has 1 aliphatic heterocycles. The first-order valence-corrected chi connectivity index (χ1v) is 10.5. The van der Waals surface area contributed by atoms with Crippen LogP contribution in [0, 0.1) is 11.7 Å². The van der Waals surface area contributed by atoms with Crippen LogP contribution >= 0.6 is 0 Å². The van der Waals surface area contributed by atoms with E-state index in [0.29, 0.717) is 12.3 Å². The Kier molecular flexibility index (Phi) is 6.09. The Labute approximate surface area is 171 Å². The van der Waals surface area contributed by atoms with E-state index in [0.717, 1.165) is 62.3 Å². The average Bonchev–Trinajstić information content (AvgIpc) is 3.34. The number of hydrogen-bond donors (Lipinski definition) is 1. The molecule has 4 rings (SSSR count). The summed E-state index contributed by atoms with van der Waals surface area (Å²) in [6, 6.07) is 8.81. The van der Waals surface area contributed by atoms with E-state index in [1.54, 1.807) is 12.1 Å². The van der Waals surface area contributed by atoms with Crippen LogP contribution in [0.5, 0.6) is 0 Å². The summed E-state index contributed by atoms with van der Waals surface area (Å²) in [6.45, 7) is 2.76. The van der Waals surface area contributed by atoms with E-state index in [9.17, 15) is 9.18 Å². The van der Waals surface area contributed by atoms with Gasteiger partial charge in [-0.1, -0.05) is 12.2 Å². The Morgan fingerprint density at radius 2 is 1.97 bits per heavy atom. The molecule has 0 bridgehead atoms. The smallest absolute Gasteiger partial charge is 0.220 e.